The molecule has 0 aliphatic rings. The number of nitrogens with zero attached hydrogens (tertiary/aromatic N) is 1. The van der Waals surface area contributed by atoms with E-state index in [0.29, 0.717) is 0 Å². The van der Waals surface area contributed by atoms with Crippen LogP contribution >= 0.6 is 0 Å². The monoisotopic (exact) mass is 262 g/mol. The number of benzene rings is 1. The number of hydrogen-bond acceptors (Lipinski definition) is 2. The molecule has 0 amide bonds. The number of nitrogens with two attached hydrogens (primary N) is 1. The second-order valence-corrected chi connectivity index (χ2v) is 5.58. The number of aryl methyl sites for hydroxylation is 2. The Bertz CT molecular complexity index is 386. The highest BCUT2D eigenvalue weighted by molar-refractivity contribution is 5.30. The van der Waals surface area contributed by atoms with Gasteiger partial charge in [0.15, 0.2) is 0 Å². The molecule has 0 saturated carbocycles. The molecule has 0 heterocycles. The van der Waals surface area contributed by atoms with Gasteiger partial charge in [-0.2, -0.15) is 0 Å². The average molecular weight is 262 g/mol. The van der Waals surface area contributed by atoms with Gasteiger partial charge in [0, 0.05) is 18.6 Å². The Kier molecular flexibility index (Phi) is 6.02. The summed E-state index contributed by atoms with van der Waals surface area (Å²) in [5.41, 5.74) is 10.4. The van der Waals surface area contributed by atoms with E-state index in [9.17, 15) is 0 Å². The first-order valence-electron chi connectivity index (χ1n) is 7.54. The van der Waals surface area contributed by atoms with Crippen LogP contribution in [0, 0.1) is 13.8 Å². The molecule has 0 aliphatic carbocycles. The molecular formula is C17H30N2. The van der Waals surface area contributed by atoms with E-state index in [1.54, 1.807) is 0 Å². The zero-order valence-corrected chi connectivity index (χ0v) is 13.3. The van der Waals surface area contributed by atoms with Gasteiger partial charge in [-0.1, -0.05) is 44.5 Å². The van der Waals surface area contributed by atoms with E-state index in [1.165, 1.54) is 16.7 Å². The zero-order valence-electron chi connectivity index (χ0n) is 13.3. The van der Waals surface area contributed by atoms with Crippen molar-refractivity contribution in [2.75, 3.05) is 13.1 Å². The normalized spacial score (nSPS) is 12.2. The summed E-state index contributed by atoms with van der Waals surface area (Å²) < 4.78 is 0. The van der Waals surface area contributed by atoms with Crippen LogP contribution in [0.1, 0.15) is 50.3 Å². The molecule has 0 spiro atoms. The summed E-state index contributed by atoms with van der Waals surface area (Å²) in [6.07, 6.45) is 2.22. The largest absolute Gasteiger partial charge is 0.329 e. The Morgan fingerprint density at radius 3 is 2.21 bits per heavy atom. The maximum atomic E-state index is 6.09. The molecule has 1 aromatic carbocycles. The van der Waals surface area contributed by atoms with Gasteiger partial charge in [-0.05, 0) is 44.4 Å². The predicted molar refractivity (Wildman–Crippen MR) is 84.4 cm³/mol. The number of likely N-dealkylation sites (N-methyl/N-ethyl adjacent to an activating group) is 1. The lowest BCUT2D eigenvalue weighted by Crippen LogP contribution is -2.52. The van der Waals surface area contributed by atoms with Gasteiger partial charge < -0.3 is 5.73 Å². The molecule has 0 saturated heterocycles. The summed E-state index contributed by atoms with van der Waals surface area (Å²) in [7, 11) is 0. The van der Waals surface area contributed by atoms with Gasteiger partial charge in [0.25, 0.3) is 0 Å². The highest BCUT2D eigenvalue weighted by Gasteiger charge is 2.31. The van der Waals surface area contributed by atoms with Crippen molar-refractivity contribution in [2.24, 2.45) is 5.73 Å². The molecule has 2 N–H and O–H groups in total. The fourth-order valence-corrected chi connectivity index (χ4v) is 2.91. The zero-order chi connectivity index (χ0) is 14.5. The van der Waals surface area contributed by atoms with E-state index in [-0.39, 0.29) is 5.54 Å². The van der Waals surface area contributed by atoms with Crippen molar-refractivity contribution in [3.05, 3.63) is 34.9 Å². The summed E-state index contributed by atoms with van der Waals surface area (Å²) in [6.45, 7) is 13.9. The molecule has 108 valence electrons. The van der Waals surface area contributed by atoms with Gasteiger partial charge in [-0.25, -0.2) is 0 Å². The second kappa shape index (κ2) is 7.06. The van der Waals surface area contributed by atoms with Crippen molar-refractivity contribution < 1.29 is 0 Å². The van der Waals surface area contributed by atoms with Crippen LogP contribution in [0.25, 0.3) is 0 Å². The number of rotatable bonds is 7. The second-order valence-electron chi connectivity index (χ2n) is 5.58. The fraction of sp³-hybridized carbons (Fsp3) is 0.647. The van der Waals surface area contributed by atoms with Crippen LogP contribution in [0.15, 0.2) is 18.2 Å². The average Bonchev–Trinajstić information content (AvgIpc) is 2.43. The lowest BCUT2D eigenvalue weighted by atomic mass is 9.89. The van der Waals surface area contributed by atoms with Gasteiger partial charge >= 0.3 is 0 Å². The van der Waals surface area contributed by atoms with Gasteiger partial charge in [0.2, 0.25) is 0 Å². The summed E-state index contributed by atoms with van der Waals surface area (Å²) in [5.74, 6) is 0. The molecule has 0 bridgehead atoms. The Morgan fingerprint density at radius 1 is 1.11 bits per heavy atom. The standard InChI is InChI=1S/C17H30N2/c1-6-17(7-2,13-18)19(8-3)12-16-11-14(4)9-10-15(16)5/h9-11H,6-8,12-13,18H2,1-5H3. The maximum Gasteiger partial charge on any atom is 0.0329 e. The van der Waals surface area contributed by atoms with Crippen LogP contribution in [0.5, 0.6) is 0 Å². The van der Waals surface area contributed by atoms with E-state index < -0.39 is 0 Å². The third-order valence-corrected chi connectivity index (χ3v) is 4.61. The molecule has 1 aromatic rings. The quantitative estimate of drug-likeness (QED) is 0.813. The Morgan fingerprint density at radius 2 is 1.74 bits per heavy atom. The van der Waals surface area contributed by atoms with E-state index >= 15 is 0 Å². The van der Waals surface area contributed by atoms with Crippen LogP contribution in [0.2, 0.25) is 0 Å². The molecule has 0 unspecified atom stereocenters. The molecule has 0 atom stereocenters. The van der Waals surface area contributed by atoms with E-state index in [1.807, 2.05) is 0 Å². The van der Waals surface area contributed by atoms with E-state index in [2.05, 4.69) is 57.7 Å². The van der Waals surface area contributed by atoms with Crippen molar-refractivity contribution in [1.29, 1.82) is 0 Å². The molecule has 0 radical (unpaired) electrons. The lowest BCUT2D eigenvalue weighted by Gasteiger charge is -2.42. The maximum absolute atomic E-state index is 6.09. The van der Waals surface area contributed by atoms with Crippen molar-refractivity contribution in [1.82, 2.24) is 4.90 Å². The lowest BCUT2D eigenvalue weighted by molar-refractivity contribution is 0.0826. The number of hydrogen-bond donors (Lipinski definition) is 1. The van der Waals surface area contributed by atoms with Crippen LogP contribution < -0.4 is 5.73 Å². The summed E-state index contributed by atoms with van der Waals surface area (Å²) in [5, 5.41) is 0. The van der Waals surface area contributed by atoms with Crippen LogP contribution in [-0.2, 0) is 6.54 Å². The molecule has 0 aromatic heterocycles. The molecule has 2 heteroatoms. The van der Waals surface area contributed by atoms with Gasteiger partial charge in [-0.15, -0.1) is 0 Å². The molecule has 0 fully saturated rings. The van der Waals surface area contributed by atoms with Crippen LogP contribution in [-0.4, -0.2) is 23.5 Å². The van der Waals surface area contributed by atoms with Crippen LogP contribution in [0.3, 0.4) is 0 Å². The van der Waals surface area contributed by atoms with E-state index in [4.69, 9.17) is 5.73 Å². The third kappa shape index (κ3) is 3.58. The smallest absolute Gasteiger partial charge is 0.0329 e. The summed E-state index contributed by atoms with van der Waals surface area (Å²) in [4.78, 5) is 2.55. The third-order valence-electron chi connectivity index (χ3n) is 4.61. The van der Waals surface area contributed by atoms with Crippen LogP contribution in [0.4, 0.5) is 0 Å². The summed E-state index contributed by atoms with van der Waals surface area (Å²) >= 11 is 0. The topological polar surface area (TPSA) is 29.3 Å². The first-order valence-corrected chi connectivity index (χ1v) is 7.54. The molecule has 2 nitrogen and oxygen atoms in total. The van der Waals surface area contributed by atoms with Gasteiger partial charge in [0.05, 0.1) is 0 Å². The predicted octanol–water partition coefficient (Wildman–Crippen LogP) is 3.64. The Labute approximate surface area is 119 Å². The molecular weight excluding hydrogens is 232 g/mol. The van der Waals surface area contributed by atoms with E-state index in [0.717, 1.165) is 32.5 Å². The molecule has 0 aliphatic heterocycles. The van der Waals surface area contributed by atoms with Crippen molar-refractivity contribution in [2.45, 2.75) is 59.5 Å². The Balaban J connectivity index is 3.01. The van der Waals surface area contributed by atoms with Crippen molar-refractivity contribution in [3.8, 4) is 0 Å². The highest BCUT2D eigenvalue weighted by atomic mass is 15.2. The molecule has 1 rings (SSSR count). The molecule has 19 heavy (non-hydrogen) atoms. The Hall–Kier alpha value is -0.860. The minimum atomic E-state index is 0.144. The minimum Gasteiger partial charge on any atom is -0.329 e. The minimum absolute atomic E-state index is 0.144. The fourth-order valence-electron chi connectivity index (χ4n) is 2.91. The van der Waals surface area contributed by atoms with Gasteiger partial charge in [-0.3, -0.25) is 4.90 Å². The van der Waals surface area contributed by atoms with Crippen molar-refractivity contribution >= 4 is 0 Å². The SMILES string of the molecule is CCN(Cc1cc(C)ccc1C)C(CC)(CC)CN. The first-order chi connectivity index (χ1) is 9.02. The first kappa shape index (κ1) is 16.2. The summed E-state index contributed by atoms with van der Waals surface area (Å²) in [6, 6.07) is 6.72. The van der Waals surface area contributed by atoms with Crippen molar-refractivity contribution in [3.63, 3.8) is 0 Å². The van der Waals surface area contributed by atoms with Gasteiger partial charge in [0.1, 0.15) is 0 Å². The highest BCUT2D eigenvalue weighted by Crippen LogP contribution is 2.26.